The molecule has 0 heterocycles. The monoisotopic (exact) mass is 242 g/mol. The van der Waals surface area contributed by atoms with Gasteiger partial charge in [0, 0.05) is 5.56 Å². The second kappa shape index (κ2) is 5.66. The van der Waals surface area contributed by atoms with E-state index in [4.69, 9.17) is 11.6 Å². The lowest BCUT2D eigenvalue weighted by atomic mass is 10.1. The fraction of sp³-hybridized carbons (Fsp3) is 0.250. The molecule has 0 saturated carbocycles. The molecule has 86 valence electrons. The van der Waals surface area contributed by atoms with Crippen molar-refractivity contribution in [1.82, 2.24) is 0 Å². The number of hydrogen-bond acceptors (Lipinski definition) is 2. The highest BCUT2D eigenvalue weighted by molar-refractivity contribution is 6.32. The molecular weight excluding hydrogens is 231 g/mol. The van der Waals surface area contributed by atoms with Crippen LogP contribution in [0.3, 0.4) is 0 Å². The molecule has 4 heteroatoms. The molecule has 0 amide bonds. The van der Waals surface area contributed by atoms with E-state index in [1.54, 1.807) is 25.1 Å². The number of ether oxygens (including phenoxy) is 1. The highest BCUT2D eigenvalue weighted by Crippen LogP contribution is 2.24. The Morgan fingerprint density at radius 3 is 2.88 bits per heavy atom. The number of benzene rings is 1. The van der Waals surface area contributed by atoms with Crippen molar-refractivity contribution in [3.05, 3.63) is 40.2 Å². The minimum Gasteiger partial charge on any atom is -0.469 e. The predicted molar refractivity (Wildman–Crippen MR) is 61.8 cm³/mol. The van der Waals surface area contributed by atoms with Crippen molar-refractivity contribution in [2.24, 2.45) is 0 Å². The molecular formula is C12H12ClFO2. The van der Waals surface area contributed by atoms with Gasteiger partial charge in [0.05, 0.1) is 18.6 Å². The summed E-state index contributed by atoms with van der Waals surface area (Å²) in [6.45, 7) is 1.61. The molecule has 1 aromatic carbocycles. The third-order valence-corrected chi connectivity index (χ3v) is 2.66. The SMILES string of the molecule is COC(=O)CC=Cc1ccc(F)c(C)c1Cl. The van der Waals surface area contributed by atoms with Gasteiger partial charge in [-0.15, -0.1) is 0 Å². The molecule has 2 nitrogen and oxygen atoms in total. The van der Waals surface area contributed by atoms with E-state index in [1.165, 1.54) is 13.2 Å². The van der Waals surface area contributed by atoms with Gasteiger partial charge in [0.25, 0.3) is 0 Å². The van der Waals surface area contributed by atoms with E-state index in [2.05, 4.69) is 4.74 Å². The highest BCUT2D eigenvalue weighted by Gasteiger charge is 2.05. The number of hydrogen-bond donors (Lipinski definition) is 0. The zero-order chi connectivity index (χ0) is 12.1. The Labute approximate surface area is 98.7 Å². The third-order valence-electron chi connectivity index (χ3n) is 2.16. The van der Waals surface area contributed by atoms with Crippen molar-refractivity contribution in [3.63, 3.8) is 0 Å². The molecule has 0 aliphatic carbocycles. The molecule has 0 radical (unpaired) electrons. The summed E-state index contributed by atoms with van der Waals surface area (Å²) in [6.07, 6.45) is 3.47. The lowest BCUT2D eigenvalue weighted by Crippen LogP contribution is -1.96. The van der Waals surface area contributed by atoms with Gasteiger partial charge in [-0.3, -0.25) is 4.79 Å². The van der Waals surface area contributed by atoms with Crippen LogP contribution < -0.4 is 0 Å². The van der Waals surface area contributed by atoms with E-state index in [0.29, 0.717) is 16.1 Å². The van der Waals surface area contributed by atoms with Crippen LogP contribution >= 0.6 is 11.6 Å². The quantitative estimate of drug-likeness (QED) is 0.760. The van der Waals surface area contributed by atoms with Crippen LogP contribution in [0.2, 0.25) is 5.02 Å². The Morgan fingerprint density at radius 2 is 2.25 bits per heavy atom. The van der Waals surface area contributed by atoms with Gasteiger partial charge >= 0.3 is 5.97 Å². The first-order valence-corrected chi connectivity index (χ1v) is 5.12. The maximum atomic E-state index is 13.1. The summed E-state index contributed by atoms with van der Waals surface area (Å²) in [5.74, 6) is -0.665. The van der Waals surface area contributed by atoms with E-state index in [9.17, 15) is 9.18 Å². The Bertz CT molecular complexity index is 427. The van der Waals surface area contributed by atoms with Crippen LogP contribution in [0.1, 0.15) is 17.5 Å². The van der Waals surface area contributed by atoms with Gasteiger partial charge in [0.2, 0.25) is 0 Å². The molecule has 1 rings (SSSR count). The van der Waals surface area contributed by atoms with Crippen molar-refractivity contribution in [3.8, 4) is 0 Å². The van der Waals surface area contributed by atoms with Crippen molar-refractivity contribution in [1.29, 1.82) is 0 Å². The van der Waals surface area contributed by atoms with Gasteiger partial charge < -0.3 is 4.74 Å². The van der Waals surface area contributed by atoms with Gasteiger partial charge in [0.15, 0.2) is 0 Å². The van der Waals surface area contributed by atoms with E-state index < -0.39 is 0 Å². The predicted octanol–water partition coefficient (Wildman–Crippen LogP) is 3.36. The number of carbonyl (C=O) groups is 1. The largest absolute Gasteiger partial charge is 0.469 e. The zero-order valence-electron chi connectivity index (χ0n) is 9.09. The minimum absolute atomic E-state index is 0.170. The average molecular weight is 243 g/mol. The lowest BCUT2D eigenvalue weighted by molar-refractivity contribution is -0.139. The van der Waals surface area contributed by atoms with Crippen LogP contribution in [0.4, 0.5) is 4.39 Å². The topological polar surface area (TPSA) is 26.3 Å². The number of halogens is 2. The average Bonchev–Trinajstić information content (AvgIpc) is 2.29. The summed E-state index contributed by atoms with van der Waals surface area (Å²) in [5.41, 5.74) is 1.09. The summed E-state index contributed by atoms with van der Waals surface area (Å²) in [6, 6.07) is 2.91. The number of esters is 1. The Balaban J connectivity index is 2.82. The third kappa shape index (κ3) is 3.07. The summed E-state index contributed by atoms with van der Waals surface area (Å²) in [5, 5.41) is 0.362. The van der Waals surface area contributed by atoms with Crippen molar-refractivity contribution in [2.75, 3.05) is 7.11 Å². The van der Waals surface area contributed by atoms with Gasteiger partial charge in [0.1, 0.15) is 5.82 Å². The molecule has 0 spiro atoms. The molecule has 0 atom stereocenters. The van der Waals surface area contributed by atoms with E-state index in [1.807, 2.05) is 0 Å². The van der Waals surface area contributed by atoms with Gasteiger partial charge in [-0.25, -0.2) is 4.39 Å². The second-order valence-electron chi connectivity index (χ2n) is 3.26. The summed E-state index contributed by atoms with van der Waals surface area (Å²) in [4.78, 5) is 10.8. The maximum Gasteiger partial charge on any atom is 0.309 e. The molecule has 0 N–H and O–H groups in total. The molecule has 0 unspecified atom stereocenters. The Morgan fingerprint density at radius 1 is 1.56 bits per heavy atom. The van der Waals surface area contributed by atoms with Crippen molar-refractivity contribution in [2.45, 2.75) is 13.3 Å². The maximum absolute atomic E-state index is 13.1. The molecule has 0 fully saturated rings. The molecule has 16 heavy (non-hydrogen) atoms. The standard InChI is InChI=1S/C12H12ClFO2/c1-8-10(14)7-6-9(12(8)13)4-3-5-11(15)16-2/h3-4,6-7H,5H2,1-2H3. The van der Waals surface area contributed by atoms with E-state index in [0.717, 1.165) is 0 Å². The fourth-order valence-corrected chi connectivity index (χ4v) is 1.39. The first-order valence-electron chi connectivity index (χ1n) is 4.74. The van der Waals surface area contributed by atoms with Crippen LogP contribution in [0.25, 0.3) is 6.08 Å². The first kappa shape index (κ1) is 12.7. The highest BCUT2D eigenvalue weighted by atomic mass is 35.5. The van der Waals surface area contributed by atoms with Crippen LogP contribution in [0.15, 0.2) is 18.2 Å². The summed E-state index contributed by atoms with van der Waals surface area (Å²) in [7, 11) is 1.32. The number of methoxy groups -OCH3 is 1. The molecule has 0 bridgehead atoms. The zero-order valence-corrected chi connectivity index (χ0v) is 9.84. The van der Waals surface area contributed by atoms with Crippen LogP contribution in [0.5, 0.6) is 0 Å². The van der Waals surface area contributed by atoms with Gasteiger partial charge in [-0.05, 0) is 18.6 Å². The number of carbonyl (C=O) groups excluding carboxylic acids is 1. The smallest absolute Gasteiger partial charge is 0.309 e. The first-order chi connectivity index (χ1) is 7.56. The van der Waals surface area contributed by atoms with Crippen molar-refractivity contribution >= 4 is 23.6 Å². The van der Waals surface area contributed by atoms with Crippen LogP contribution in [-0.4, -0.2) is 13.1 Å². The van der Waals surface area contributed by atoms with E-state index >= 15 is 0 Å². The lowest BCUT2D eigenvalue weighted by Gasteiger charge is -2.03. The van der Waals surface area contributed by atoms with Gasteiger partial charge in [-0.2, -0.15) is 0 Å². The minimum atomic E-state index is -0.338. The molecule has 1 aromatic rings. The van der Waals surface area contributed by atoms with Crippen LogP contribution in [-0.2, 0) is 9.53 Å². The van der Waals surface area contributed by atoms with Crippen molar-refractivity contribution < 1.29 is 13.9 Å². The molecule has 0 saturated heterocycles. The fourth-order valence-electron chi connectivity index (χ4n) is 1.18. The van der Waals surface area contributed by atoms with E-state index in [-0.39, 0.29) is 18.2 Å². The van der Waals surface area contributed by atoms with Crippen LogP contribution in [0, 0.1) is 12.7 Å². The molecule has 0 aliphatic rings. The van der Waals surface area contributed by atoms with Gasteiger partial charge in [-0.1, -0.05) is 29.8 Å². The molecule has 0 aliphatic heterocycles. The summed E-state index contributed by atoms with van der Waals surface area (Å²) < 4.78 is 17.6. The number of rotatable bonds is 3. The normalized spacial score (nSPS) is 10.8. The molecule has 0 aromatic heterocycles. The Hall–Kier alpha value is -1.35. The second-order valence-corrected chi connectivity index (χ2v) is 3.64. The summed E-state index contributed by atoms with van der Waals surface area (Å²) >= 11 is 5.94. The Kier molecular flexibility index (Phi) is 4.50.